The Hall–Kier alpha value is -8.70. The molecule has 0 aromatic heterocycles. The third-order valence-electron chi connectivity index (χ3n) is 10.8. The predicted molar refractivity (Wildman–Crippen MR) is 262 cm³/mol. The molecular formula is C54H49N7O4. The summed E-state index contributed by atoms with van der Waals surface area (Å²) in [7, 11) is 0. The van der Waals surface area contributed by atoms with Crippen molar-refractivity contribution in [1.29, 1.82) is 0 Å². The molecule has 2 aliphatic heterocycles. The average molecular weight is 860 g/mol. The van der Waals surface area contributed by atoms with E-state index in [1.54, 1.807) is 24.3 Å². The second-order valence-corrected chi connectivity index (χ2v) is 15.7. The molecule has 11 heteroatoms. The number of benzene rings is 7. The molecule has 65 heavy (non-hydrogen) atoms. The first-order chi connectivity index (χ1) is 31.4. The second kappa shape index (κ2) is 20.4. The van der Waals surface area contributed by atoms with E-state index in [4.69, 9.17) is 28.7 Å². The maximum absolute atomic E-state index is 11.7. The molecule has 0 spiro atoms. The summed E-state index contributed by atoms with van der Waals surface area (Å²) >= 11 is 0. The molecule has 0 unspecified atom stereocenters. The number of nitrogens with zero attached hydrogens (tertiary/aromatic N) is 2. The topological polar surface area (TPSA) is 205 Å². The number of imide groups is 2. The summed E-state index contributed by atoms with van der Waals surface area (Å²) in [6.07, 6.45) is 8.25. The van der Waals surface area contributed by atoms with Crippen molar-refractivity contribution in [2.24, 2.45) is 0 Å². The molecule has 0 saturated heterocycles. The van der Waals surface area contributed by atoms with Gasteiger partial charge in [0.25, 0.3) is 23.6 Å². The molecular weight excluding hydrogens is 811 g/mol. The SMILES string of the molecule is Nc1ccc(Cc2ccc(N)c(Cc3ccc(N)cc3)c2)cc1.Nc1ccc(Cc2ccc(N)cc2)cc1.O=C1C=CC(=O)N1c1ccc(Cc2ccc(N3C(=O)C=CC3=O)cc2)cc1. The highest BCUT2D eigenvalue weighted by Crippen LogP contribution is 2.25. The zero-order valence-electron chi connectivity index (χ0n) is 35.6. The van der Waals surface area contributed by atoms with Gasteiger partial charge >= 0.3 is 0 Å². The van der Waals surface area contributed by atoms with E-state index in [1.165, 1.54) is 52.1 Å². The molecule has 2 heterocycles. The quantitative estimate of drug-likeness (QED) is 0.0663. The highest BCUT2D eigenvalue weighted by molar-refractivity contribution is 6.28. The Labute approximate surface area is 378 Å². The minimum atomic E-state index is -0.344. The lowest BCUT2D eigenvalue weighted by Gasteiger charge is -2.15. The van der Waals surface area contributed by atoms with Gasteiger partial charge in [-0.15, -0.1) is 0 Å². The van der Waals surface area contributed by atoms with Crippen LogP contribution in [0.15, 0.2) is 188 Å². The van der Waals surface area contributed by atoms with Crippen LogP contribution in [0.1, 0.15) is 44.5 Å². The van der Waals surface area contributed by atoms with Crippen LogP contribution in [0.25, 0.3) is 0 Å². The zero-order chi connectivity index (χ0) is 45.9. The number of anilines is 7. The summed E-state index contributed by atoms with van der Waals surface area (Å²) in [5.74, 6) is -1.37. The minimum Gasteiger partial charge on any atom is -0.399 e. The molecule has 0 radical (unpaired) electrons. The molecule has 7 aromatic carbocycles. The minimum absolute atomic E-state index is 0.344. The van der Waals surface area contributed by atoms with Gasteiger partial charge in [-0.2, -0.15) is 0 Å². The largest absolute Gasteiger partial charge is 0.399 e. The number of nitrogen functional groups attached to an aromatic ring is 5. The van der Waals surface area contributed by atoms with Crippen LogP contribution >= 0.6 is 0 Å². The van der Waals surface area contributed by atoms with Crippen LogP contribution in [0.2, 0.25) is 0 Å². The summed E-state index contributed by atoms with van der Waals surface area (Å²) in [4.78, 5) is 49.1. The van der Waals surface area contributed by atoms with Gasteiger partial charge in [-0.1, -0.05) is 84.9 Å². The van der Waals surface area contributed by atoms with Crippen LogP contribution < -0.4 is 38.5 Å². The van der Waals surface area contributed by atoms with E-state index >= 15 is 0 Å². The van der Waals surface area contributed by atoms with Crippen LogP contribution in [0, 0.1) is 0 Å². The summed E-state index contributed by atoms with van der Waals surface area (Å²) in [6.45, 7) is 0. The van der Waals surface area contributed by atoms with E-state index in [2.05, 4.69) is 24.3 Å². The summed E-state index contributed by atoms with van der Waals surface area (Å²) in [5.41, 5.74) is 43.3. The fourth-order valence-corrected chi connectivity index (χ4v) is 7.23. The number of carbonyl (C=O) groups is 4. The fourth-order valence-electron chi connectivity index (χ4n) is 7.23. The van der Waals surface area contributed by atoms with Gasteiger partial charge < -0.3 is 28.7 Å². The molecule has 7 aromatic rings. The first-order valence-electron chi connectivity index (χ1n) is 20.9. The van der Waals surface area contributed by atoms with Crippen LogP contribution in [0.3, 0.4) is 0 Å². The van der Waals surface area contributed by atoms with Crippen LogP contribution in [-0.4, -0.2) is 23.6 Å². The third-order valence-corrected chi connectivity index (χ3v) is 10.8. The molecule has 10 N–H and O–H groups in total. The molecule has 9 rings (SSSR count). The highest BCUT2D eigenvalue weighted by atomic mass is 16.2. The Morgan fingerprint density at radius 1 is 0.292 bits per heavy atom. The number of hydrogen-bond acceptors (Lipinski definition) is 9. The molecule has 4 amide bonds. The first kappa shape index (κ1) is 44.4. The van der Waals surface area contributed by atoms with E-state index in [0.29, 0.717) is 17.8 Å². The Morgan fingerprint density at radius 3 is 0.846 bits per heavy atom. The Morgan fingerprint density at radius 2 is 0.538 bits per heavy atom. The first-order valence-corrected chi connectivity index (χ1v) is 20.9. The molecule has 0 saturated carbocycles. The molecule has 0 bridgehead atoms. The standard InChI is InChI=1S/C21H14N2O4.C20H21N3.C13H14N2/c24-18-9-10-19(25)22(18)16-5-1-14(2-6-16)13-15-3-7-17(8-4-15)23-20(26)11-12-21(23)27;21-18-6-1-14(2-7-18)11-16-5-10-20(23)17(13-16)12-15-3-8-19(22)9-4-15;14-12-5-1-10(2-6-12)9-11-3-7-13(15)8-4-11/h1-12H,13H2;1-10,13H,11-12,21-23H2;1-8H,9,14-15H2. The van der Waals surface area contributed by atoms with Gasteiger partial charge in [0.15, 0.2) is 0 Å². The smallest absolute Gasteiger partial charge is 0.258 e. The van der Waals surface area contributed by atoms with Gasteiger partial charge in [-0.3, -0.25) is 19.2 Å². The molecule has 0 aliphatic carbocycles. The molecule has 0 fully saturated rings. The second-order valence-electron chi connectivity index (χ2n) is 15.7. The number of hydrogen-bond donors (Lipinski definition) is 5. The van der Waals surface area contributed by atoms with Gasteiger partial charge in [0.05, 0.1) is 11.4 Å². The van der Waals surface area contributed by atoms with Gasteiger partial charge in [0, 0.05) is 52.7 Å². The molecule has 11 nitrogen and oxygen atoms in total. The number of nitrogens with two attached hydrogens (primary N) is 5. The van der Waals surface area contributed by atoms with Crippen molar-refractivity contribution in [3.05, 3.63) is 233 Å². The van der Waals surface area contributed by atoms with Gasteiger partial charge in [0.1, 0.15) is 0 Å². The van der Waals surface area contributed by atoms with Crippen LogP contribution in [-0.2, 0) is 44.9 Å². The van der Waals surface area contributed by atoms with Crippen molar-refractivity contribution in [1.82, 2.24) is 0 Å². The Bertz CT molecular complexity index is 2690. The van der Waals surface area contributed by atoms with Crippen molar-refractivity contribution in [3.63, 3.8) is 0 Å². The normalized spacial score (nSPS) is 12.8. The maximum Gasteiger partial charge on any atom is 0.258 e. The molecule has 0 atom stereocenters. The monoisotopic (exact) mass is 859 g/mol. The van der Waals surface area contributed by atoms with Crippen molar-refractivity contribution in [2.75, 3.05) is 38.5 Å². The van der Waals surface area contributed by atoms with E-state index in [1.807, 2.05) is 115 Å². The van der Waals surface area contributed by atoms with E-state index in [-0.39, 0.29) is 23.6 Å². The summed E-state index contributed by atoms with van der Waals surface area (Å²) < 4.78 is 0. The van der Waals surface area contributed by atoms with Gasteiger partial charge in [-0.05, 0) is 149 Å². The van der Waals surface area contributed by atoms with Crippen molar-refractivity contribution >= 4 is 63.4 Å². The van der Waals surface area contributed by atoms with Crippen LogP contribution in [0.5, 0.6) is 0 Å². The van der Waals surface area contributed by atoms with Crippen LogP contribution in [0.4, 0.5) is 39.8 Å². The Balaban J connectivity index is 0.000000151. The summed E-state index contributed by atoms with van der Waals surface area (Å²) in [5, 5.41) is 0. The molecule has 324 valence electrons. The van der Waals surface area contributed by atoms with Crippen molar-refractivity contribution < 1.29 is 19.2 Å². The molecule has 2 aliphatic rings. The van der Waals surface area contributed by atoms with E-state index in [9.17, 15) is 19.2 Å². The maximum atomic E-state index is 11.7. The lowest BCUT2D eigenvalue weighted by molar-refractivity contribution is -0.121. The van der Waals surface area contributed by atoms with Gasteiger partial charge in [0.2, 0.25) is 0 Å². The lowest BCUT2D eigenvalue weighted by atomic mass is 9.97. The third kappa shape index (κ3) is 12.0. The fraction of sp³-hybridized carbons (Fsp3) is 0.0741. The predicted octanol–water partition coefficient (Wildman–Crippen LogP) is 8.19. The van der Waals surface area contributed by atoms with Crippen molar-refractivity contribution in [2.45, 2.75) is 25.7 Å². The zero-order valence-corrected chi connectivity index (χ0v) is 35.6. The lowest BCUT2D eigenvalue weighted by Crippen LogP contribution is -2.29. The average Bonchev–Trinajstić information content (AvgIpc) is 3.83. The number of carbonyl (C=O) groups excluding carboxylic acids is 4. The summed E-state index contributed by atoms with van der Waals surface area (Å²) in [6, 6.07) is 52.4. The van der Waals surface area contributed by atoms with E-state index < -0.39 is 0 Å². The van der Waals surface area contributed by atoms with E-state index in [0.717, 1.165) is 74.2 Å². The van der Waals surface area contributed by atoms with Crippen molar-refractivity contribution in [3.8, 4) is 0 Å². The number of amides is 4. The van der Waals surface area contributed by atoms with Gasteiger partial charge in [-0.25, -0.2) is 9.80 Å². The number of rotatable bonds is 10. The highest BCUT2D eigenvalue weighted by Gasteiger charge is 2.26. The Kier molecular flexibility index (Phi) is 14.0.